The second kappa shape index (κ2) is 7.91. The molecule has 0 saturated heterocycles. The fraction of sp³-hybridized carbons (Fsp3) is 0.176. The third kappa shape index (κ3) is 4.75. The van der Waals surface area contributed by atoms with Crippen LogP contribution in [0, 0.1) is 6.92 Å². The van der Waals surface area contributed by atoms with Crippen LogP contribution in [0.25, 0.3) is 16.3 Å². The van der Waals surface area contributed by atoms with E-state index in [1.165, 1.54) is 21.4 Å². The summed E-state index contributed by atoms with van der Waals surface area (Å²) in [6.07, 6.45) is -9.85. The lowest BCUT2D eigenvalue weighted by molar-refractivity contribution is -0.143. The van der Waals surface area contributed by atoms with Crippen LogP contribution >= 0.6 is 34.4 Å². The van der Waals surface area contributed by atoms with Gasteiger partial charge in [0.25, 0.3) is 0 Å². The van der Waals surface area contributed by atoms with Crippen LogP contribution in [0.2, 0.25) is 0 Å². The van der Waals surface area contributed by atoms with Crippen molar-refractivity contribution in [1.29, 1.82) is 0 Å². The molecule has 0 spiro atoms. The van der Waals surface area contributed by atoms with Crippen molar-refractivity contribution >= 4 is 34.4 Å². The van der Waals surface area contributed by atoms with Gasteiger partial charge in [-0.3, -0.25) is 0 Å². The predicted molar refractivity (Wildman–Crippen MR) is 103 cm³/mol. The molecule has 5 nitrogen and oxygen atoms in total. The summed E-state index contributed by atoms with van der Waals surface area (Å²) in [5.41, 5.74) is -3.07. The molecule has 3 aromatic heterocycles. The Balaban J connectivity index is 1.67. The van der Waals surface area contributed by atoms with Crippen molar-refractivity contribution in [3.8, 4) is 16.3 Å². The lowest BCUT2D eigenvalue weighted by atomic mass is 10.0. The van der Waals surface area contributed by atoms with Crippen LogP contribution in [0.15, 0.2) is 45.2 Å². The molecule has 0 unspecified atom stereocenters. The molecular formula is C17H9F6N5S3. The molecule has 0 amide bonds. The zero-order valence-corrected chi connectivity index (χ0v) is 17.6. The minimum atomic E-state index is -4.93. The first-order chi connectivity index (χ1) is 14.5. The Labute approximate surface area is 182 Å². The van der Waals surface area contributed by atoms with Crippen molar-refractivity contribution in [1.82, 2.24) is 25.2 Å². The van der Waals surface area contributed by atoms with E-state index in [1.54, 1.807) is 0 Å². The van der Waals surface area contributed by atoms with Crippen LogP contribution in [-0.2, 0) is 12.4 Å². The molecule has 3 heterocycles. The third-order valence-corrected chi connectivity index (χ3v) is 6.77. The molecule has 0 bridgehead atoms. The molecule has 0 aliphatic heterocycles. The fourth-order valence-electron chi connectivity index (χ4n) is 2.53. The summed E-state index contributed by atoms with van der Waals surface area (Å²) in [5.74, 6) is 0. The number of aromatic nitrogens is 5. The number of alkyl halides is 6. The molecule has 4 rings (SSSR count). The number of tetrazole rings is 1. The van der Waals surface area contributed by atoms with Crippen LogP contribution < -0.4 is 0 Å². The monoisotopic (exact) mass is 493 g/mol. The lowest BCUT2D eigenvalue weighted by Crippen LogP contribution is -2.11. The van der Waals surface area contributed by atoms with Gasteiger partial charge in [0, 0.05) is 15.8 Å². The molecule has 162 valence electrons. The average Bonchev–Trinajstić information content (AvgIpc) is 3.41. The number of nitrogens with zero attached hydrogens (tertiary/aromatic N) is 5. The van der Waals surface area contributed by atoms with E-state index in [1.807, 2.05) is 19.1 Å². The minimum Gasteiger partial charge on any atom is -0.229 e. The summed E-state index contributed by atoms with van der Waals surface area (Å²) >= 11 is 3.58. The molecule has 0 aliphatic rings. The van der Waals surface area contributed by atoms with Crippen LogP contribution in [-0.4, -0.2) is 25.2 Å². The number of rotatable bonds is 4. The maximum atomic E-state index is 13.1. The van der Waals surface area contributed by atoms with Crippen molar-refractivity contribution in [3.63, 3.8) is 0 Å². The Morgan fingerprint density at radius 3 is 2.23 bits per heavy atom. The molecule has 0 saturated carbocycles. The van der Waals surface area contributed by atoms with Crippen molar-refractivity contribution in [2.45, 2.75) is 28.8 Å². The van der Waals surface area contributed by atoms with Crippen LogP contribution in [0.4, 0.5) is 26.3 Å². The molecule has 0 atom stereocenters. The number of aryl methyl sites for hydroxylation is 1. The summed E-state index contributed by atoms with van der Waals surface area (Å²) < 4.78 is 80.5. The molecule has 14 heteroatoms. The highest BCUT2D eigenvalue weighted by atomic mass is 32.2. The van der Waals surface area contributed by atoms with Gasteiger partial charge in [-0.2, -0.15) is 31.0 Å². The second-order valence-corrected chi connectivity index (χ2v) is 9.49. The lowest BCUT2D eigenvalue weighted by Gasteiger charge is -2.13. The summed E-state index contributed by atoms with van der Waals surface area (Å²) in [6, 6.07) is 5.11. The van der Waals surface area contributed by atoms with Gasteiger partial charge in [0.1, 0.15) is 5.00 Å². The van der Waals surface area contributed by atoms with Gasteiger partial charge in [0.15, 0.2) is 4.34 Å². The number of halogens is 6. The van der Waals surface area contributed by atoms with E-state index in [9.17, 15) is 26.3 Å². The molecule has 1 aromatic carbocycles. The molecule has 0 radical (unpaired) electrons. The molecule has 4 aromatic rings. The number of hydrogen-bond acceptors (Lipinski definition) is 7. The van der Waals surface area contributed by atoms with Gasteiger partial charge >= 0.3 is 12.4 Å². The Kier molecular flexibility index (Phi) is 5.55. The van der Waals surface area contributed by atoms with E-state index >= 15 is 0 Å². The molecule has 0 fully saturated rings. The van der Waals surface area contributed by atoms with Gasteiger partial charge in [-0.25, -0.2) is 4.98 Å². The van der Waals surface area contributed by atoms with Crippen molar-refractivity contribution in [2.75, 3.05) is 0 Å². The summed E-state index contributed by atoms with van der Waals surface area (Å²) in [7, 11) is 0. The first kappa shape index (κ1) is 21.8. The van der Waals surface area contributed by atoms with E-state index in [0.29, 0.717) is 21.6 Å². The van der Waals surface area contributed by atoms with Crippen LogP contribution in [0.3, 0.4) is 0 Å². The quantitative estimate of drug-likeness (QED) is 0.310. The number of benzene rings is 1. The molecular weight excluding hydrogens is 484 g/mol. The molecule has 0 aliphatic carbocycles. The van der Waals surface area contributed by atoms with Gasteiger partial charge in [0.05, 0.1) is 16.8 Å². The predicted octanol–water partition coefficient (Wildman–Crippen LogP) is 6.34. The highest BCUT2D eigenvalue weighted by Gasteiger charge is 2.37. The summed E-state index contributed by atoms with van der Waals surface area (Å²) in [4.78, 5) is 5.23. The maximum Gasteiger partial charge on any atom is 0.416 e. The topological polar surface area (TPSA) is 56.5 Å². The van der Waals surface area contributed by atoms with Crippen molar-refractivity contribution in [2.24, 2.45) is 0 Å². The largest absolute Gasteiger partial charge is 0.416 e. The van der Waals surface area contributed by atoms with Crippen molar-refractivity contribution < 1.29 is 26.3 Å². The molecule has 31 heavy (non-hydrogen) atoms. The fourth-order valence-corrected chi connectivity index (χ4v) is 5.11. The van der Waals surface area contributed by atoms with Crippen LogP contribution in [0.1, 0.15) is 16.0 Å². The second-order valence-electron chi connectivity index (χ2n) is 6.15. The zero-order valence-electron chi connectivity index (χ0n) is 15.2. The Morgan fingerprint density at radius 2 is 1.65 bits per heavy atom. The normalized spacial score (nSPS) is 12.5. The van der Waals surface area contributed by atoms with E-state index < -0.39 is 23.5 Å². The highest BCUT2D eigenvalue weighted by molar-refractivity contribution is 8.00. The van der Waals surface area contributed by atoms with E-state index in [0.717, 1.165) is 33.0 Å². The summed E-state index contributed by atoms with van der Waals surface area (Å²) in [6.45, 7) is 1.92. The highest BCUT2D eigenvalue weighted by Crippen LogP contribution is 2.40. The Bertz CT molecular complexity index is 1190. The first-order valence-electron chi connectivity index (χ1n) is 8.29. The number of thiophene rings is 1. The first-order valence-corrected chi connectivity index (χ1v) is 10.8. The van der Waals surface area contributed by atoms with Gasteiger partial charge in [-0.15, -0.1) is 27.8 Å². The number of thiazole rings is 1. The average molecular weight is 493 g/mol. The van der Waals surface area contributed by atoms with Gasteiger partial charge in [-0.05, 0) is 59.4 Å². The number of hydrogen-bond donors (Lipinski definition) is 0. The molecule has 0 N–H and O–H groups in total. The SMILES string of the molecule is Cc1ccc(-n2nnnc2Sc2nc(-c3cc(C(F)(F)F)cc(C(F)(F)F)c3)cs2)s1. The van der Waals surface area contributed by atoms with E-state index in [2.05, 4.69) is 20.5 Å². The zero-order chi connectivity index (χ0) is 22.4. The van der Waals surface area contributed by atoms with Gasteiger partial charge in [-0.1, -0.05) is 0 Å². The van der Waals surface area contributed by atoms with E-state index in [-0.39, 0.29) is 17.3 Å². The maximum absolute atomic E-state index is 13.1. The third-order valence-electron chi connectivity index (χ3n) is 3.92. The smallest absolute Gasteiger partial charge is 0.229 e. The van der Waals surface area contributed by atoms with Gasteiger partial charge in [0.2, 0.25) is 5.16 Å². The van der Waals surface area contributed by atoms with Crippen molar-refractivity contribution in [3.05, 3.63) is 51.7 Å². The standard InChI is InChI=1S/C17H9F6N5S3/c1-8-2-3-13(30-8)28-14(25-26-27-28)31-15-24-12(7-29-15)9-4-10(16(18,19)20)6-11(5-9)17(21,22)23/h2-7H,1H3. The van der Waals surface area contributed by atoms with Crippen LogP contribution in [0.5, 0.6) is 0 Å². The Hall–Kier alpha value is -2.45. The Morgan fingerprint density at radius 1 is 0.968 bits per heavy atom. The van der Waals surface area contributed by atoms with E-state index in [4.69, 9.17) is 0 Å². The van der Waals surface area contributed by atoms with Gasteiger partial charge < -0.3 is 0 Å². The summed E-state index contributed by atoms with van der Waals surface area (Å²) in [5, 5.41) is 14.0. The minimum absolute atomic E-state index is 0.00454.